The van der Waals surface area contributed by atoms with Gasteiger partial charge in [-0.1, -0.05) is 41.6 Å². The number of aliphatic carboxylic acids is 1. The van der Waals surface area contributed by atoms with Crippen molar-refractivity contribution in [2.45, 2.75) is 31.3 Å². The van der Waals surface area contributed by atoms with Crippen LogP contribution < -0.4 is 5.32 Å². The second-order valence-electron chi connectivity index (χ2n) is 8.59. The van der Waals surface area contributed by atoms with Crippen molar-refractivity contribution >= 4 is 61.6 Å². The number of hydrogen-bond donors (Lipinski definition) is 2. The average molecular weight is 551 g/mol. The van der Waals surface area contributed by atoms with Crippen LogP contribution in [0.25, 0.3) is 9.40 Å². The van der Waals surface area contributed by atoms with E-state index < -0.39 is 23.6 Å². The smallest absolute Gasteiger partial charge is 0.413 e. The molecule has 0 bridgehead atoms. The third kappa shape index (κ3) is 4.56. The second kappa shape index (κ2) is 9.56. The maximum absolute atomic E-state index is 12.6. The molecule has 3 heterocycles. The van der Waals surface area contributed by atoms with Crippen molar-refractivity contribution < 1.29 is 19.4 Å². The molecule has 1 aromatic carbocycles. The molecular formula is C26H19ClN4O4S2. The number of carboxylic acid groups (broad SMARTS) is 1. The SMILES string of the molecule is CC(OC(=O)Nc1c(C#Cc2cc3c(C#N)c(C4(C(=O)O)CC4)sc3s2)cnn1C)c1ccccc1Cl. The summed E-state index contributed by atoms with van der Waals surface area (Å²) in [4.78, 5) is 25.7. The minimum absolute atomic E-state index is 0.374. The van der Waals surface area contributed by atoms with Gasteiger partial charge in [0, 0.05) is 27.9 Å². The molecule has 1 aliphatic carbocycles. The predicted octanol–water partition coefficient (Wildman–Crippen LogP) is 6.05. The minimum Gasteiger partial charge on any atom is -0.481 e. The molecule has 8 nitrogen and oxygen atoms in total. The van der Waals surface area contributed by atoms with Crippen LogP contribution in [0.1, 0.15) is 52.3 Å². The highest BCUT2D eigenvalue weighted by atomic mass is 35.5. The van der Waals surface area contributed by atoms with E-state index in [1.807, 2.05) is 12.1 Å². The Balaban J connectivity index is 1.36. The maximum atomic E-state index is 12.6. The highest BCUT2D eigenvalue weighted by molar-refractivity contribution is 7.38. The number of thiophene rings is 2. The molecule has 1 amide bonds. The van der Waals surface area contributed by atoms with Crippen molar-refractivity contribution in [3.8, 4) is 17.9 Å². The van der Waals surface area contributed by atoms with E-state index in [0.29, 0.717) is 50.1 Å². The van der Waals surface area contributed by atoms with Gasteiger partial charge < -0.3 is 9.84 Å². The summed E-state index contributed by atoms with van der Waals surface area (Å²) in [5, 5.41) is 27.5. The normalized spacial score (nSPS) is 14.3. The third-order valence-corrected chi connectivity index (χ3v) is 9.10. The summed E-state index contributed by atoms with van der Waals surface area (Å²) in [5.41, 5.74) is 0.681. The number of halogens is 1. The lowest BCUT2D eigenvalue weighted by Gasteiger charge is -2.15. The van der Waals surface area contributed by atoms with Crippen molar-refractivity contribution in [3.63, 3.8) is 0 Å². The van der Waals surface area contributed by atoms with Crippen LogP contribution in [-0.4, -0.2) is 26.9 Å². The van der Waals surface area contributed by atoms with Crippen molar-refractivity contribution in [1.29, 1.82) is 5.26 Å². The van der Waals surface area contributed by atoms with Crippen molar-refractivity contribution in [1.82, 2.24) is 9.78 Å². The Morgan fingerprint density at radius 1 is 1.30 bits per heavy atom. The fourth-order valence-electron chi connectivity index (χ4n) is 4.02. The summed E-state index contributed by atoms with van der Waals surface area (Å²) in [5.74, 6) is 5.59. The zero-order chi connectivity index (χ0) is 26.3. The molecule has 1 unspecified atom stereocenters. The van der Waals surface area contributed by atoms with E-state index in [-0.39, 0.29) is 0 Å². The zero-order valence-electron chi connectivity index (χ0n) is 19.7. The number of ether oxygens (including phenoxy) is 1. The van der Waals surface area contributed by atoms with Crippen LogP contribution in [0.15, 0.2) is 36.5 Å². The molecule has 1 fully saturated rings. The molecule has 5 rings (SSSR count). The van der Waals surface area contributed by atoms with E-state index in [2.05, 4.69) is 28.3 Å². The molecule has 37 heavy (non-hydrogen) atoms. The largest absolute Gasteiger partial charge is 0.481 e. The number of fused-ring (bicyclic) bond motifs is 1. The molecule has 4 aromatic rings. The van der Waals surface area contributed by atoms with Crippen LogP contribution in [0.4, 0.5) is 10.6 Å². The number of benzene rings is 1. The number of carbonyl (C=O) groups excluding carboxylic acids is 1. The van der Waals surface area contributed by atoms with E-state index >= 15 is 0 Å². The fraction of sp³-hybridized carbons (Fsp3) is 0.231. The van der Waals surface area contributed by atoms with Gasteiger partial charge in [0.2, 0.25) is 0 Å². The Morgan fingerprint density at radius 3 is 2.73 bits per heavy atom. The quantitative estimate of drug-likeness (QED) is 0.292. The molecule has 0 spiro atoms. The first-order valence-corrected chi connectivity index (χ1v) is 13.2. The average Bonchev–Trinajstić information content (AvgIpc) is 3.33. The number of anilines is 1. The number of amides is 1. The monoisotopic (exact) mass is 550 g/mol. The highest BCUT2D eigenvalue weighted by Crippen LogP contribution is 2.54. The Labute approximate surface area is 225 Å². The van der Waals surface area contributed by atoms with Crippen LogP contribution in [0.2, 0.25) is 5.02 Å². The topological polar surface area (TPSA) is 117 Å². The lowest BCUT2D eigenvalue weighted by molar-refractivity contribution is -0.139. The second-order valence-corrected chi connectivity index (χ2v) is 11.3. The van der Waals surface area contributed by atoms with Gasteiger partial charge in [0.25, 0.3) is 0 Å². The first kappa shape index (κ1) is 24.8. The number of nitriles is 1. The van der Waals surface area contributed by atoms with Crippen LogP contribution in [0.5, 0.6) is 0 Å². The van der Waals surface area contributed by atoms with Crippen LogP contribution in [0, 0.1) is 23.2 Å². The van der Waals surface area contributed by atoms with E-state index in [9.17, 15) is 20.0 Å². The van der Waals surface area contributed by atoms with Gasteiger partial charge in [-0.15, -0.1) is 22.7 Å². The predicted molar refractivity (Wildman–Crippen MR) is 142 cm³/mol. The highest BCUT2D eigenvalue weighted by Gasteiger charge is 2.54. The Bertz CT molecular complexity index is 1660. The molecule has 1 aliphatic rings. The zero-order valence-corrected chi connectivity index (χ0v) is 22.1. The Morgan fingerprint density at radius 2 is 2.05 bits per heavy atom. The number of carbonyl (C=O) groups is 2. The summed E-state index contributed by atoms with van der Waals surface area (Å²) in [6.07, 6.45) is 1.40. The molecular weight excluding hydrogens is 532 g/mol. The Hall–Kier alpha value is -3.83. The molecule has 0 saturated heterocycles. The number of carboxylic acids is 1. The molecule has 11 heteroatoms. The van der Waals surface area contributed by atoms with Crippen molar-refractivity contribution in [2.24, 2.45) is 7.05 Å². The molecule has 3 aromatic heterocycles. The fourth-order valence-corrected chi connectivity index (χ4v) is 6.95. The standard InChI is InChI=1S/C26H19ClN4O4S2/c1-14(17-5-3-4-6-20(17)27)35-25(34)30-22-15(13-29-31(22)2)7-8-16-11-18-19(12-28)21(37-23(18)36-16)26(9-10-26)24(32)33/h3-6,11,13-14H,9-10H2,1-2H3,(H,30,34)(H,32,33). The molecule has 186 valence electrons. The van der Waals surface area contributed by atoms with Gasteiger partial charge in [-0.25, -0.2) is 4.79 Å². The number of aromatic nitrogens is 2. The molecule has 1 atom stereocenters. The minimum atomic E-state index is -0.922. The van der Waals surface area contributed by atoms with Gasteiger partial charge in [-0.05, 0) is 31.9 Å². The van der Waals surface area contributed by atoms with E-state index in [4.69, 9.17) is 16.3 Å². The molecule has 0 aliphatic heterocycles. The van der Waals surface area contributed by atoms with Crippen molar-refractivity contribution in [2.75, 3.05) is 5.32 Å². The van der Waals surface area contributed by atoms with Gasteiger partial charge in [0.15, 0.2) is 0 Å². The van der Waals surface area contributed by atoms with Gasteiger partial charge in [0.1, 0.15) is 23.4 Å². The lowest BCUT2D eigenvalue weighted by Crippen LogP contribution is -2.19. The van der Waals surface area contributed by atoms with E-state index in [1.54, 1.807) is 38.4 Å². The van der Waals surface area contributed by atoms with Gasteiger partial charge in [-0.3, -0.25) is 14.8 Å². The van der Waals surface area contributed by atoms with E-state index in [0.717, 1.165) is 9.40 Å². The Kier molecular flexibility index (Phi) is 6.42. The summed E-state index contributed by atoms with van der Waals surface area (Å²) in [6, 6.07) is 11.1. The number of nitrogens with zero attached hydrogens (tertiary/aromatic N) is 3. The number of rotatable bonds is 5. The van der Waals surface area contributed by atoms with Crippen LogP contribution in [0.3, 0.4) is 0 Å². The van der Waals surface area contributed by atoms with Crippen LogP contribution in [-0.2, 0) is 22.0 Å². The first-order valence-electron chi connectivity index (χ1n) is 11.2. The third-order valence-electron chi connectivity index (χ3n) is 6.20. The van der Waals surface area contributed by atoms with Crippen molar-refractivity contribution in [3.05, 3.63) is 68.0 Å². The van der Waals surface area contributed by atoms with Gasteiger partial charge in [0.05, 0.1) is 26.2 Å². The summed E-state index contributed by atoms with van der Waals surface area (Å²) >= 11 is 8.96. The summed E-state index contributed by atoms with van der Waals surface area (Å²) < 4.78 is 7.84. The van der Waals surface area contributed by atoms with Gasteiger partial charge >= 0.3 is 12.1 Å². The lowest BCUT2D eigenvalue weighted by atomic mass is 10.0. The maximum Gasteiger partial charge on any atom is 0.413 e. The number of nitrogens with one attached hydrogen (secondary N) is 1. The van der Waals surface area contributed by atoms with E-state index in [1.165, 1.54) is 27.4 Å². The summed E-state index contributed by atoms with van der Waals surface area (Å²) in [7, 11) is 1.68. The van der Waals surface area contributed by atoms with Crippen LogP contribution >= 0.6 is 34.3 Å². The molecule has 0 radical (unpaired) electrons. The number of aryl methyl sites for hydroxylation is 1. The molecule has 1 saturated carbocycles. The van der Waals surface area contributed by atoms with Gasteiger partial charge in [-0.2, -0.15) is 10.4 Å². The summed E-state index contributed by atoms with van der Waals surface area (Å²) in [6.45, 7) is 1.73. The molecule has 2 N–H and O–H groups in total. The number of hydrogen-bond acceptors (Lipinski definition) is 7. The first-order chi connectivity index (χ1) is 17.7.